The third-order valence-corrected chi connectivity index (χ3v) is 1.94. The maximum Gasteiger partial charge on any atom is 0.408 e. The van der Waals surface area contributed by atoms with Crippen molar-refractivity contribution in [3.05, 3.63) is 5.82 Å². The molecule has 1 N–H and O–H groups in total. The Bertz CT molecular complexity index is 336. The number of ether oxygens (including phenoxy) is 1. The quantitative estimate of drug-likeness (QED) is 0.627. The number of carbonyl (C=O) groups excluding carboxylic acids is 1. The molecule has 0 aromatic carbocycles. The van der Waals surface area contributed by atoms with Gasteiger partial charge in [-0.25, -0.2) is 9.48 Å². The molecule has 1 aromatic heterocycles. The van der Waals surface area contributed by atoms with Crippen molar-refractivity contribution >= 4 is 6.09 Å². The molecule has 0 radical (unpaired) electrons. The fourth-order valence-electron chi connectivity index (χ4n) is 1.27. The van der Waals surface area contributed by atoms with Gasteiger partial charge >= 0.3 is 6.09 Å². The summed E-state index contributed by atoms with van der Waals surface area (Å²) in [6, 6.07) is -0.0998. The van der Waals surface area contributed by atoms with Gasteiger partial charge < -0.3 is 10.1 Å². The SMILES string of the molecule is C[C@@H]1NC(=O)O[C@@H]1c1nnnn1C. The van der Waals surface area contributed by atoms with Gasteiger partial charge in [0.25, 0.3) is 0 Å². The fraction of sp³-hybridized carbons (Fsp3) is 0.667. The summed E-state index contributed by atoms with van der Waals surface area (Å²) in [5, 5.41) is 13.5. The van der Waals surface area contributed by atoms with Gasteiger partial charge in [0.1, 0.15) is 0 Å². The first-order valence-corrected chi connectivity index (χ1v) is 3.88. The number of hydrogen-bond acceptors (Lipinski definition) is 5. The molecule has 2 atom stereocenters. The normalized spacial score (nSPS) is 27.1. The van der Waals surface area contributed by atoms with E-state index in [9.17, 15) is 4.79 Å². The van der Waals surface area contributed by atoms with Crippen molar-refractivity contribution in [2.45, 2.75) is 19.1 Å². The van der Waals surface area contributed by atoms with Crippen molar-refractivity contribution in [1.29, 1.82) is 0 Å². The number of rotatable bonds is 1. The predicted octanol–water partition coefficient (Wildman–Crippen LogP) is -0.621. The van der Waals surface area contributed by atoms with Crippen LogP contribution in [0.15, 0.2) is 0 Å². The molecule has 1 amide bonds. The Labute approximate surface area is 74.1 Å². The maximum absolute atomic E-state index is 10.9. The molecule has 0 spiro atoms. The highest BCUT2D eigenvalue weighted by molar-refractivity contribution is 5.70. The molecule has 1 fully saturated rings. The lowest BCUT2D eigenvalue weighted by atomic mass is 10.2. The summed E-state index contributed by atoms with van der Waals surface area (Å²) in [4.78, 5) is 10.9. The lowest BCUT2D eigenvalue weighted by Crippen LogP contribution is -2.25. The number of cyclic esters (lactones) is 1. The van der Waals surface area contributed by atoms with E-state index in [1.54, 1.807) is 7.05 Å². The van der Waals surface area contributed by atoms with Gasteiger partial charge in [0.2, 0.25) is 0 Å². The second kappa shape index (κ2) is 2.68. The topological polar surface area (TPSA) is 81.9 Å². The molecule has 0 aliphatic carbocycles. The van der Waals surface area contributed by atoms with Crippen molar-refractivity contribution < 1.29 is 9.53 Å². The van der Waals surface area contributed by atoms with E-state index in [4.69, 9.17) is 4.74 Å². The number of nitrogens with one attached hydrogen (secondary N) is 1. The van der Waals surface area contributed by atoms with Crippen LogP contribution < -0.4 is 5.32 Å². The molecule has 0 saturated carbocycles. The Morgan fingerprint density at radius 3 is 2.85 bits per heavy atom. The number of tetrazole rings is 1. The van der Waals surface area contributed by atoms with Gasteiger partial charge in [-0.3, -0.25) is 0 Å². The van der Waals surface area contributed by atoms with Crippen LogP contribution in [0.1, 0.15) is 18.9 Å². The van der Waals surface area contributed by atoms with Crippen molar-refractivity contribution in [2.75, 3.05) is 0 Å². The highest BCUT2D eigenvalue weighted by Crippen LogP contribution is 2.22. The van der Waals surface area contributed by atoms with Gasteiger partial charge in [0.15, 0.2) is 11.9 Å². The molecule has 2 rings (SSSR count). The Morgan fingerprint density at radius 1 is 1.62 bits per heavy atom. The van der Waals surface area contributed by atoms with Gasteiger partial charge in [-0.15, -0.1) is 5.10 Å². The monoisotopic (exact) mass is 183 g/mol. The van der Waals surface area contributed by atoms with E-state index < -0.39 is 12.2 Å². The zero-order valence-corrected chi connectivity index (χ0v) is 7.26. The Kier molecular flexibility index (Phi) is 1.64. The molecule has 7 heteroatoms. The molecular weight excluding hydrogens is 174 g/mol. The van der Waals surface area contributed by atoms with Crippen LogP contribution in [0.25, 0.3) is 0 Å². The number of aromatic nitrogens is 4. The molecule has 1 saturated heterocycles. The van der Waals surface area contributed by atoms with E-state index in [-0.39, 0.29) is 6.04 Å². The lowest BCUT2D eigenvalue weighted by Gasteiger charge is -2.09. The minimum atomic E-state index is -0.430. The van der Waals surface area contributed by atoms with E-state index in [0.717, 1.165) is 0 Å². The lowest BCUT2D eigenvalue weighted by molar-refractivity contribution is 0.126. The largest absolute Gasteiger partial charge is 0.436 e. The summed E-state index contributed by atoms with van der Waals surface area (Å²) in [6.07, 6.45) is -0.826. The number of aryl methyl sites for hydroxylation is 1. The van der Waals surface area contributed by atoms with Crippen molar-refractivity contribution in [3.8, 4) is 0 Å². The van der Waals surface area contributed by atoms with Gasteiger partial charge in [0.05, 0.1) is 6.04 Å². The predicted molar refractivity (Wildman–Crippen MR) is 40.6 cm³/mol. The molecule has 7 nitrogen and oxygen atoms in total. The van der Waals surface area contributed by atoms with Crippen LogP contribution in [-0.2, 0) is 11.8 Å². The van der Waals surface area contributed by atoms with Gasteiger partial charge in [-0.2, -0.15) is 0 Å². The standard InChI is InChI=1S/C6H9N5O2/c1-3-4(13-6(12)7-3)5-8-9-10-11(5)2/h3-4H,1-2H3,(H,7,12)/t3-,4-/m0/s1. The van der Waals surface area contributed by atoms with E-state index in [0.29, 0.717) is 5.82 Å². The van der Waals surface area contributed by atoms with E-state index in [2.05, 4.69) is 20.8 Å². The summed E-state index contributed by atoms with van der Waals surface area (Å²) < 4.78 is 6.47. The van der Waals surface area contributed by atoms with Gasteiger partial charge in [0, 0.05) is 7.05 Å². The summed E-state index contributed by atoms with van der Waals surface area (Å²) in [7, 11) is 1.70. The van der Waals surface area contributed by atoms with Crippen molar-refractivity contribution in [2.24, 2.45) is 7.05 Å². The van der Waals surface area contributed by atoms with Crippen LogP contribution in [0, 0.1) is 0 Å². The van der Waals surface area contributed by atoms with E-state index in [1.807, 2.05) is 6.92 Å². The van der Waals surface area contributed by atoms with Crippen LogP contribution in [0.2, 0.25) is 0 Å². The third-order valence-electron chi connectivity index (χ3n) is 1.94. The maximum atomic E-state index is 10.9. The zero-order valence-electron chi connectivity index (χ0n) is 7.26. The van der Waals surface area contributed by atoms with Crippen molar-refractivity contribution in [1.82, 2.24) is 25.5 Å². The minimum Gasteiger partial charge on any atom is -0.436 e. The molecule has 0 bridgehead atoms. The Hall–Kier alpha value is -1.66. The van der Waals surface area contributed by atoms with E-state index >= 15 is 0 Å². The first-order chi connectivity index (χ1) is 6.18. The highest BCUT2D eigenvalue weighted by Gasteiger charge is 2.35. The summed E-state index contributed by atoms with van der Waals surface area (Å²) in [5.41, 5.74) is 0. The summed E-state index contributed by atoms with van der Waals surface area (Å²) in [6.45, 7) is 1.84. The van der Waals surface area contributed by atoms with Crippen LogP contribution in [0.3, 0.4) is 0 Å². The molecule has 2 heterocycles. The zero-order chi connectivity index (χ0) is 9.42. The molecule has 13 heavy (non-hydrogen) atoms. The fourth-order valence-corrected chi connectivity index (χ4v) is 1.27. The molecule has 1 aliphatic heterocycles. The number of carbonyl (C=O) groups is 1. The van der Waals surface area contributed by atoms with Crippen LogP contribution in [0.5, 0.6) is 0 Å². The van der Waals surface area contributed by atoms with Gasteiger partial charge in [-0.05, 0) is 17.4 Å². The molecule has 70 valence electrons. The van der Waals surface area contributed by atoms with Crippen LogP contribution in [0.4, 0.5) is 4.79 Å². The van der Waals surface area contributed by atoms with Crippen molar-refractivity contribution in [3.63, 3.8) is 0 Å². The second-order valence-corrected chi connectivity index (χ2v) is 2.92. The second-order valence-electron chi connectivity index (χ2n) is 2.92. The number of hydrogen-bond donors (Lipinski definition) is 1. The minimum absolute atomic E-state index is 0.0998. The van der Waals surface area contributed by atoms with Crippen LogP contribution in [-0.4, -0.2) is 32.3 Å². The van der Waals surface area contributed by atoms with Gasteiger partial charge in [-0.1, -0.05) is 0 Å². The molecular formula is C6H9N5O2. The first-order valence-electron chi connectivity index (χ1n) is 3.88. The van der Waals surface area contributed by atoms with E-state index in [1.165, 1.54) is 4.68 Å². The first kappa shape index (κ1) is 7.96. The third kappa shape index (κ3) is 1.21. The number of alkyl carbamates (subject to hydrolysis) is 1. The van der Waals surface area contributed by atoms with Crippen LogP contribution >= 0.6 is 0 Å². The average molecular weight is 183 g/mol. The average Bonchev–Trinajstić information content (AvgIpc) is 2.58. The Morgan fingerprint density at radius 2 is 2.38 bits per heavy atom. The smallest absolute Gasteiger partial charge is 0.408 e. The highest BCUT2D eigenvalue weighted by atomic mass is 16.6. The number of amides is 1. The summed E-state index contributed by atoms with van der Waals surface area (Å²) >= 11 is 0. The number of nitrogens with zero attached hydrogens (tertiary/aromatic N) is 4. The molecule has 1 aromatic rings. The summed E-state index contributed by atoms with van der Waals surface area (Å²) in [5.74, 6) is 0.547. The molecule has 1 aliphatic rings. The molecule has 0 unspecified atom stereocenters. The Balaban J connectivity index is 2.27.